The Balaban J connectivity index is 1.14. The van der Waals surface area contributed by atoms with E-state index in [4.69, 9.17) is 14.8 Å². The number of hydrogen-bond donors (Lipinski definition) is 2. The molecule has 9 heteroatoms. The number of aliphatic carboxylic acids is 1. The van der Waals surface area contributed by atoms with Crippen LogP contribution in [0.4, 0.5) is 5.69 Å². The van der Waals surface area contributed by atoms with Crippen LogP contribution in [-0.2, 0) is 14.4 Å². The second kappa shape index (κ2) is 15.0. The zero-order valence-corrected chi connectivity index (χ0v) is 28.4. The van der Waals surface area contributed by atoms with Crippen molar-refractivity contribution >= 4 is 34.8 Å². The Morgan fingerprint density at radius 3 is 2.36 bits per heavy atom. The van der Waals surface area contributed by atoms with Gasteiger partial charge >= 0.3 is 5.97 Å². The van der Waals surface area contributed by atoms with Crippen molar-refractivity contribution in [3.05, 3.63) is 64.8 Å². The van der Waals surface area contributed by atoms with Crippen molar-refractivity contribution in [1.82, 2.24) is 10.3 Å². The first-order valence-corrected chi connectivity index (χ1v) is 18.1. The number of methoxy groups -OCH3 is 1. The van der Waals surface area contributed by atoms with Crippen molar-refractivity contribution in [3.63, 3.8) is 0 Å². The van der Waals surface area contributed by atoms with E-state index in [1.165, 1.54) is 29.0 Å². The van der Waals surface area contributed by atoms with Gasteiger partial charge in [0.05, 0.1) is 23.4 Å². The number of rotatable bonds is 12. The maximum atomic E-state index is 14.4. The second-order valence-electron chi connectivity index (χ2n) is 13.8. The van der Waals surface area contributed by atoms with Crippen LogP contribution in [0.5, 0.6) is 5.75 Å². The van der Waals surface area contributed by atoms with Crippen LogP contribution in [-0.4, -0.2) is 47.6 Å². The summed E-state index contributed by atoms with van der Waals surface area (Å²) in [6, 6.07) is 15.0. The van der Waals surface area contributed by atoms with Crippen molar-refractivity contribution in [2.45, 2.75) is 102 Å². The van der Waals surface area contributed by atoms with Gasteiger partial charge < -0.3 is 20.1 Å². The monoisotopic (exact) mass is 657 g/mol. The fourth-order valence-electron chi connectivity index (χ4n) is 7.41. The van der Waals surface area contributed by atoms with Crippen LogP contribution in [0, 0.1) is 18.8 Å². The van der Waals surface area contributed by atoms with E-state index in [1.54, 1.807) is 18.4 Å². The van der Waals surface area contributed by atoms with E-state index >= 15 is 0 Å². The molecule has 0 atom stereocenters. The van der Waals surface area contributed by atoms with Crippen LogP contribution in [0.3, 0.4) is 0 Å². The van der Waals surface area contributed by atoms with Gasteiger partial charge in [-0.15, -0.1) is 11.3 Å². The van der Waals surface area contributed by atoms with Crippen LogP contribution in [0.25, 0.3) is 10.4 Å². The molecule has 3 aromatic rings. The van der Waals surface area contributed by atoms with E-state index in [1.807, 2.05) is 6.20 Å². The molecule has 2 aromatic carbocycles. The lowest BCUT2D eigenvalue weighted by molar-refractivity contribution is -0.139. The van der Waals surface area contributed by atoms with Crippen molar-refractivity contribution in [2.24, 2.45) is 11.8 Å². The summed E-state index contributed by atoms with van der Waals surface area (Å²) in [6.45, 7) is 2.81. The van der Waals surface area contributed by atoms with E-state index in [-0.39, 0.29) is 36.6 Å². The van der Waals surface area contributed by atoms with Gasteiger partial charge in [-0.3, -0.25) is 14.4 Å². The zero-order valence-electron chi connectivity index (χ0n) is 27.6. The molecule has 47 heavy (non-hydrogen) atoms. The number of nitrogens with zero attached hydrogens (tertiary/aromatic N) is 2. The van der Waals surface area contributed by atoms with Crippen molar-refractivity contribution in [2.75, 3.05) is 18.6 Å². The van der Waals surface area contributed by atoms with Gasteiger partial charge in [-0.1, -0.05) is 24.3 Å². The molecular weight excluding hydrogens is 611 g/mol. The number of amides is 2. The summed E-state index contributed by atoms with van der Waals surface area (Å²) < 4.78 is 5.48. The molecule has 3 aliphatic carbocycles. The molecule has 2 N–H and O–H groups in total. The lowest BCUT2D eigenvalue weighted by Crippen LogP contribution is -2.44. The zero-order chi connectivity index (χ0) is 32.9. The lowest BCUT2D eigenvalue weighted by Gasteiger charge is -2.36. The number of nitrogens with one attached hydrogen (secondary N) is 1. The molecule has 1 aromatic heterocycles. The Bertz CT molecular complexity index is 1570. The van der Waals surface area contributed by atoms with Crippen LogP contribution in [0.1, 0.15) is 105 Å². The Kier molecular flexibility index (Phi) is 10.6. The summed E-state index contributed by atoms with van der Waals surface area (Å²) in [4.78, 5) is 45.4. The molecule has 0 unspecified atom stereocenters. The minimum atomic E-state index is -0.971. The van der Waals surface area contributed by atoms with Gasteiger partial charge in [0.1, 0.15) is 5.75 Å². The first-order valence-electron chi connectivity index (χ1n) is 17.3. The fourth-order valence-corrected chi connectivity index (χ4v) is 8.49. The highest BCUT2D eigenvalue weighted by Crippen LogP contribution is 2.44. The summed E-state index contributed by atoms with van der Waals surface area (Å²) in [5, 5.41) is 13.1. The SMILES string of the molecule is COc1ccc([C@H]2CC[C@H](CN(c3cccc(-c4cnc(C5CC5)s4)c3)C(=O)[C@H]3CC[C@H](NC(=O)CCC(=O)O)CC3)CC2)cc1C. The van der Waals surface area contributed by atoms with Crippen LogP contribution in [0.15, 0.2) is 48.7 Å². The molecule has 2 amide bonds. The van der Waals surface area contributed by atoms with Gasteiger partial charge in [0, 0.05) is 42.7 Å². The summed E-state index contributed by atoms with van der Waals surface area (Å²) in [6.07, 6.45) is 11.5. The summed E-state index contributed by atoms with van der Waals surface area (Å²) in [5.41, 5.74) is 4.61. The maximum absolute atomic E-state index is 14.4. The Labute approximate surface area is 281 Å². The first-order chi connectivity index (χ1) is 22.8. The highest BCUT2D eigenvalue weighted by Gasteiger charge is 2.33. The Morgan fingerprint density at radius 1 is 0.936 bits per heavy atom. The number of anilines is 1. The van der Waals surface area contributed by atoms with Crippen LogP contribution in [0.2, 0.25) is 0 Å². The van der Waals surface area contributed by atoms with E-state index in [0.717, 1.165) is 60.4 Å². The number of hydrogen-bond acceptors (Lipinski definition) is 6. The highest BCUT2D eigenvalue weighted by atomic mass is 32.1. The van der Waals surface area contributed by atoms with Crippen molar-refractivity contribution in [3.8, 4) is 16.2 Å². The van der Waals surface area contributed by atoms with Gasteiger partial charge in [-0.2, -0.15) is 0 Å². The van der Waals surface area contributed by atoms with Gasteiger partial charge in [-0.05, 0) is 118 Å². The molecule has 0 spiro atoms. The van der Waals surface area contributed by atoms with E-state index < -0.39 is 5.97 Å². The molecule has 250 valence electrons. The molecule has 0 aliphatic heterocycles. The number of aryl methyl sites for hydroxylation is 1. The minimum Gasteiger partial charge on any atom is -0.496 e. The summed E-state index contributed by atoms with van der Waals surface area (Å²) in [5.74, 6) is 1.36. The molecule has 8 nitrogen and oxygen atoms in total. The number of thiazole rings is 1. The van der Waals surface area contributed by atoms with E-state index in [9.17, 15) is 14.4 Å². The van der Waals surface area contributed by atoms with E-state index in [2.05, 4.69) is 59.6 Å². The predicted octanol–water partition coefficient (Wildman–Crippen LogP) is 7.85. The molecule has 0 radical (unpaired) electrons. The molecular formula is C38H47N3O5S. The molecule has 3 fully saturated rings. The third kappa shape index (κ3) is 8.42. The maximum Gasteiger partial charge on any atom is 0.303 e. The molecule has 6 rings (SSSR count). The molecule has 0 saturated heterocycles. The Hall–Kier alpha value is -3.72. The number of carboxylic acid groups (broad SMARTS) is 1. The normalized spacial score (nSPS) is 22.8. The third-order valence-electron chi connectivity index (χ3n) is 10.3. The van der Waals surface area contributed by atoms with Crippen LogP contribution >= 0.6 is 11.3 Å². The number of aromatic nitrogens is 1. The van der Waals surface area contributed by atoms with Crippen molar-refractivity contribution in [1.29, 1.82) is 0 Å². The van der Waals surface area contributed by atoms with Crippen molar-refractivity contribution < 1.29 is 24.2 Å². The molecule has 0 bridgehead atoms. The van der Waals surface area contributed by atoms with Crippen LogP contribution < -0.4 is 15.0 Å². The largest absolute Gasteiger partial charge is 0.496 e. The van der Waals surface area contributed by atoms with Gasteiger partial charge in [-0.25, -0.2) is 4.98 Å². The highest BCUT2D eigenvalue weighted by molar-refractivity contribution is 7.15. The fraction of sp³-hybridized carbons (Fsp3) is 0.526. The van der Waals surface area contributed by atoms with Gasteiger partial charge in [0.25, 0.3) is 0 Å². The third-order valence-corrected chi connectivity index (χ3v) is 11.6. The molecule has 3 aliphatic rings. The number of carbonyl (C=O) groups is 3. The Morgan fingerprint density at radius 2 is 1.68 bits per heavy atom. The minimum absolute atomic E-state index is 0.0130. The molecule has 1 heterocycles. The lowest BCUT2D eigenvalue weighted by atomic mass is 9.78. The van der Waals surface area contributed by atoms with Gasteiger partial charge in [0.2, 0.25) is 11.8 Å². The summed E-state index contributed by atoms with van der Waals surface area (Å²) in [7, 11) is 1.72. The smallest absolute Gasteiger partial charge is 0.303 e. The topological polar surface area (TPSA) is 109 Å². The van der Waals surface area contributed by atoms with Gasteiger partial charge in [0.15, 0.2) is 0 Å². The number of ether oxygens (including phenoxy) is 1. The average Bonchev–Trinajstić information content (AvgIpc) is 3.82. The predicted molar refractivity (Wildman–Crippen MR) is 185 cm³/mol. The molecule has 3 saturated carbocycles. The summed E-state index contributed by atoms with van der Waals surface area (Å²) >= 11 is 1.77. The number of carboxylic acids is 1. The van der Waals surface area contributed by atoms with E-state index in [0.29, 0.717) is 37.1 Å². The first kappa shape index (κ1) is 33.2. The quantitative estimate of drug-likeness (QED) is 0.205. The number of carbonyl (C=O) groups excluding carboxylic acids is 2. The standard InChI is InChI=1S/C38H47N3O5S/c1-24-20-29(14-17-33(24)46-2)26-8-6-25(7-9-26)23-41(32-5-3-4-30(21-32)34-22-39-37(47-34)27-10-11-27)38(45)28-12-15-31(16-13-28)40-35(42)18-19-36(43)44/h3-5,14,17,20-22,25-28,31H,6-13,15-16,18-19,23H2,1-2H3,(H,40,42)(H,43,44)/t25-,26-,28-,31-. The second-order valence-corrected chi connectivity index (χ2v) is 14.9. The number of benzene rings is 2. The average molecular weight is 658 g/mol.